The third kappa shape index (κ3) is 5.24. The van der Waals surface area contributed by atoms with Crippen molar-refractivity contribution in [1.29, 1.82) is 0 Å². The van der Waals surface area contributed by atoms with E-state index >= 15 is 0 Å². The van der Waals surface area contributed by atoms with Crippen LogP contribution in [0.5, 0.6) is 11.5 Å². The topological polar surface area (TPSA) is 121 Å². The molecule has 0 saturated carbocycles. The number of aromatic carboxylic acids is 2. The Morgan fingerprint density at radius 1 is 0.875 bits per heavy atom. The van der Waals surface area contributed by atoms with Gasteiger partial charge < -0.3 is 30.0 Å². The monoisotopic (exact) mass is 462 g/mol. The molecule has 0 spiro atoms. The van der Waals surface area contributed by atoms with E-state index in [2.05, 4.69) is 0 Å². The summed E-state index contributed by atoms with van der Waals surface area (Å²) in [5.74, 6) is -5.05. The fraction of sp³-hybridized carbons (Fsp3) is 0. The van der Waals surface area contributed by atoms with Gasteiger partial charge in [-0.3, -0.25) is 0 Å². The Bertz CT molecular complexity index is 377. The molecule has 0 unspecified atom stereocenters. The predicted octanol–water partition coefficient (Wildman–Crippen LogP) is -8.17. The van der Waals surface area contributed by atoms with Crippen molar-refractivity contribution in [3.8, 4) is 11.5 Å². The first kappa shape index (κ1) is 20.2. The minimum atomic E-state index is -1.72. The number of phenols is 2. The van der Waals surface area contributed by atoms with Gasteiger partial charge in [0.2, 0.25) is 0 Å². The number of rotatable bonds is 2. The summed E-state index contributed by atoms with van der Waals surface area (Å²) in [6.45, 7) is 0. The number of hydrogen-bond donors (Lipinski definition) is 2. The molecule has 74 valence electrons. The van der Waals surface area contributed by atoms with Crippen molar-refractivity contribution in [1.82, 2.24) is 0 Å². The number of carbonyl (C=O) groups excluding carboxylic acids is 2. The number of benzene rings is 1. The van der Waals surface area contributed by atoms with Gasteiger partial charge in [0.05, 0.1) is 11.9 Å². The Balaban J connectivity index is 0. The molecule has 0 aliphatic heterocycles. The first-order chi connectivity index (χ1) is 6.43. The zero-order valence-corrected chi connectivity index (χ0v) is 21.2. The Hall–Kier alpha value is 1.86. The molecule has 16 heavy (non-hydrogen) atoms. The third-order valence-corrected chi connectivity index (χ3v) is 1.55. The average Bonchev–Trinajstić information content (AvgIpc) is 2.07. The molecule has 2 N–H and O–H groups in total. The SMILES string of the molecule is O=C([O-])c1cc(O)c(C(=O)[O-])cc1O.[Cs+].[Cs+]. The third-order valence-electron chi connectivity index (χ3n) is 1.55. The van der Waals surface area contributed by atoms with Crippen LogP contribution in [0.3, 0.4) is 0 Å². The molecule has 1 aromatic rings. The van der Waals surface area contributed by atoms with Crippen LogP contribution in [0.15, 0.2) is 12.1 Å². The number of carboxylic acids is 2. The molecule has 0 radical (unpaired) electrons. The molecule has 0 saturated heterocycles. The van der Waals surface area contributed by atoms with E-state index in [0.717, 1.165) is 0 Å². The van der Waals surface area contributed by atoms with Gasteiger partial charge in [0, 0.05) is 11.1 Å². The number of aromatic hydroxyl groups is 2. The summed E-state index contributed by atoms with van der Waals surface area (Å²) in [5, 5.41) is 38.6. The first-order valence-corrected chi connectivity index (χ1v) is 3.42. The second-order valence-electron chi connectivity index (χ2n) is 2.46. The largest absolute Gasteiger partial charge is 1.00 e. The molecule has 0 heterocycles. The standard InChI is InChI=1S/C8H6O6.2Cs/c9-5-1-3(7(11)12)6(10)2-4(5)8(13)14;;/h1-2,9-10H,(H,11,12)(H,13,14);;/q;2*+1/p-2. The molecular weight excluding hydrogens is 458 g/mol. The van der Waals surface area contributed by atoms with Gasteiger partial charge in [-0.15, -0.1) is 0 Å². The quantitative estimate of drug-likeness (QED) is 0.422. The fourth-order valence-electron chi connectivity index (χ4n) is 0.904. The number of carbonyl (C=O) groups is 2. The van der Waals surface area contributed by atoms with E-state index in [1.54, 1.807) is 0 Å². The smallest absolute Gasteiger partial charge is 0.545 e. The van der Waals surface area contributed by atoms with Gasteiger partial charge in [0.15, 0.2) is 0 Å². The van der Waals surface area contributed by atoms with Crippen LogP contribution in [-0.4, -0.2) is 22.2 Å². The molecule has 1 aromatic carbocycles. The predicted molar refractivity (Wildman–Crippen MR) is 38.4 cm³/mol. The molecule has 0 aromatic heterocycles. The number of carboxylic acid groups (broad SMARTS) is 2. The van der Waals surface area contributed by atoms with E-state index in [0.29, 0.717) is 12.1 Å². The van der Waals surface area contributed by atoms with Crippen LogP contribution >= 0.6 is 0 Å². The summed E-state index contributed by atoms with van der Waals surface area (Å²) in [5.41, 5.74) is -1.38. The van der Waals surface area contributed by atoms with Crippen molar-refractivity contribution in [2.75, 3.05) is 0 Å². The van der Waals surface area contributed by atoms with Gasteiger partial charge in [-0.2, -0.15) is 0 Å². The zero-order chi connectivity index (χ0) is 10.9. The van der Waals surface area contributed by atoms with E-state index < -0.39 is 34.6 Å². The number of hydrogen-bond acceptors (Lipinski definition) is 6. The Kier molecular flexibility index (Phi) is 11.2. The molecule has 1 rings (SSSR count). The van der Waals surface area contributed by atoms with Crippen molar-refractivity contribution in [3.05, 3.63) is 23.3 Å². The molecule has 0 amide bonds. The first-order valence-electron chi connectivity index (χ1n) is 3.42. The van der Waals surface area contributed by atoms with E-state index in [4.69, 9.17) is 10.2 Å². The van der Waals surface area contributed by atoms with Crippen LogP contribution in [0.25, 0.3) is 0 Å². The van der Waals surface area contributed by atoms with Gasteiger partial charge in [-0.1, -0.05) is 0 Å². The molecular formula is C8H4Cs2O6. The summed E-state index contributed by atoms with van der Waals surface area (Å²) in [7, 11) is 0. The molecule has 0 aliphatic rings. The summed E-state index contributed by atoms with van der Waals surface area (Å²) in [4.78, 5) is 20.6. The normalized spacial score (nSPS) is 8.50. The summed E-state index contributed by atoms with van der Waals surface area (Å²) in [6.07, 6.45) is 0. The van der Waals surface area contributed by atoms with Crippen molar-refractivity contribution in [3.63, 3.8) is 0 Å². The van der Waals surface area contributed by atoms with E-state index in [9.17, 15) is 19.8 Å². The molecule has 6 nitrogen and oxygen atoms in total. The average molecular weight is 462 g/mol. The van der Waals surface area contributed by atoms with Crippen molar-refractivity contribution in [2.45, 2.75) is 0 Å². The molecule has 0 bridgehead atoms. The summed E-state index contributed by atoms with van der Waals surface area (Å²) >= 11 is 0. The Morgan fingerprint density at radius 2 is 1.12 bits per heavy atom. The second-order valence-corrected chi connectivity index (χ2v) is 2.46. The van der Waals surface area contributed by atoms with Crippen LogP contribution in [0.4, 0.5) is 0 Å². The van der Waals surface area contributed by atoms with Crippen molar-refractivity contribution < 1.29 is 168 Å². The van der Waals surface area contributed by atoms with E-state index in [1.165, 1.54) is 0 Å². The van der Waals surface area contributed by atoms with Crippen LogP contribution in [0, 0.1) is 0 Å². The molecule has 8 heteroatoms. The van der Waals surface area contributed by atoms with Crippen LogP contribution in [-0.2, 0) is 0 Å². The second kappa shape index (κ2) is 8.88. The zero-order valence-electron chi connectivity index (χ0n) is 8.68. The Labute approximate surface area is 208 Å². The Morgan fingerprint density at radius 3 is 1.31 bits per heavy atom. The van der Waals surface area contributed by atoms with Crippen LogP contribution < -0.4 is 148 Å². The maximum Gasteiger partial charge on any atom is 1.00 e. The minimum Gasteiger partial charge on any atom is -0.545 e. The van der Waals surface area contributed by atoms with Crippen LogP contribution in [0.2, 0.25) is 0 Å². The van der Waals surface area contributed by atoms with Gasteiger partial charge in [0.25, 0.3) is 0 Å². The molecule has 0 atom stereocenters. The van der Waals surface area contributed by atoms with Gasteiger partial charge in [-0.25, -0.2) is 0 Å². The fourth-order valence-corrected chi connectivity index (χ4v) is 0.904. The van der Waals surface area contributed by atoms with Gasteiger partial charge >= 0.3 is 138 Å². The summed E-state index contributed by atoms with van der Waals surface area (Å²) in [6, 6.07) is 1.16. The van der Waals surface area contributed by atoms with Crippen molar-refractivity contribution >= 4 is 11.9 Å². The maximum absolute atomic E-state index is 10.3. The minimum absolute atomic E-state index is 0. The van der Waals surface area contributed by atoms with Gasteiger partial charge in [0.1, 0.15) is 11.5 Å². The van der Waals surface area contributed by atoms with Crippen LogP contribution in [0.1, 0.15) is 20.7 Å². The molecule has 0 aliphatic carbocycles. The van der Waals surface area contributed by atoms with Crippen molar-refractivity contribution in [2.24, 2.45) is 0 Å². The summed E-state index contributed by atoms with van der Waals surface area (Å²) < 4.78 is 0. The van der Waals surface area contributed by atoms with E-state index in [-0.39, 0.29) is 138 Å². The van der Waals surface area contributed by atoms with Gasteiger partial charge in [-0.05, 0) is 12.1 Å². The molecule has 0 fully saturated rings. The van der Waals surface area contributed by atoms with E-state index in [1.807, 2.05) is 0 Å². The maximum atomic E-state index is 10.3.